The predicted molar refractivity (Wildman–Crippen MR) is 67.1 cm³/mol. The lowest BCUT2D eigenvalue weighted by Crippen LogP contribution is -2.96. The fraction of sp³-hybridized carbons (Fsp3) is 0.667. The van der Waals surface area contributed by atoms with Gasteiger partial charge in [-0.15, -0.1) is 0 Å². The molecule has 3 fully saturated rings. The molecule has 0 N–H and O–H groups in total. The van der Waals surface area contributed by atoms with E-state index in [-0.39, 0.29) is 0 Å². The number of likely N-dealkylation sites (N-methyl/N-ethyl adjacent to an activating group) is 2. The smallest absolute Gasteiger partial charge is 0.318 e. The van der Waals surface area contributed by atoms with Gasteiger partial charge in [-0.25, -0.2) is 18.4 Å². The first-order valence-corrected chi connectivity index (χ1v) is 6.50. The molecule has 1 aliphatic carbocycles. The molecule has 0 bridgehead atoms. The normalized spacial score (nSPS) is 41.5. The molecule has 0 aromatic rings. The number of hydrogen-bond acceptors (Lipinski definition) is 4. The lowest BCUT2D eigenvalue weighted by molar-refractivity contribution is -0.241. The molecule has 10 heteroatoms. The number of halogens is 2. The van der Waals surface area contributed by atoms with Crippen molar-refractivity contribution in [2.75, 3.05) is 28.2 Å². The van der Waals surface area contributed by atoms with Crippen molar-refractivity contribution in [3.8, 4) is 0 Å². The van der Waals surface area contributed by atoms with Crippen LogP contribution in [0, 0.1) is 0 Å². The average molecular weight is 316 g/mol. The summed E-state index contributed by atoms with van der Waals surface area (Å²) in [6.45, 7) is 0. The number of fused-ring (bicyclic) bond motifs is 4. The molecule has 4 atom stereocenters. The van der Waals surface area contributed by atoms with Gasteiger partial charge in [0.25, 0.3) is 23.2 Å². The molecular weight excluding hydrogens is 302 g/mol. The fourth-order valence-electron chi connectivity index (χ4n) is 3.66. The van der Waals surface area contributed by atoms with E-state index in [9.17, 15) is 19.2 Å². The summed E-state index contributed by atoms with van der Waals surface area (Å²) in [5, 5.41) is 0. The Hall–Kier alpha value is -2.26. The van der Waals surface area contributed by atoms with Gasteiger partial charge in [0.1, 0.15) is 12.1 Å². The van der Waals surface area contributed by atoms with Crippen LogP contribution < -0.4 is 0 Å². The Morgan fingerprint density at radius 3 is 1.27 bits per heavy atom. The molecule has 1 saturated carbocycles. The summed E-state index contributed by atoms with van der Waals surface area (Å²) < 4.78 is 30.6. The summed E-state index contributed by atoms with van der Waals surface area (Å²) in [5.74, 6) is -2.83. The summed E-state index contributed by atoms with van der Waals surface area (Å²) >= 11 is 0. The number of carbonyl (C=O) groups excluding carboxylic acids is 4. The summed E-state index contributed by atoms with van der Waals surface area (Å²) in [6.07, 6.45) is 0. The van der Waals surface area contributed by atoms with Crippen LogP contribution in [0.5, 0.6) is 0 Å². The Morgan fingerprint density at radius 1 is 0.727 bits per heavy atom. The van der Waals surface area contributed by atoms with E-state index in [0.29, 0.717) is 9.80 Å². The van der Waals surface area contributed by atoms with E-state index in [4.69, 9.17) is 0 Å². The first-order chi connectivity index (χ1) is 10.0. The van der Waals surface area contributed by atoms with Crippen LogP contribution in [-0.4, -0.2) is 95.1 Å². The molecule has 6 amide bonds. The zero-order valence-corrected chi connectivity index (χ0v) is 12.3. The zero-order chi connectivity index (χ0) is 16.8. The highest BCUT2D eigenvalue weighted by Gasteiger charge is 2.89. The SMILES string of the molecule is CN1C(=O)N(C)C2C3N(C)C(=O)N(C)C(=O)[C@@]3(F)[C@@]2(F)C1=O. The average Bonchev–Trinajstić information content (AvgIpc) is 2.50. The number of imide groups is 2. The standard InChI is InChI=1S/C12H14F2N4O4/c1-15-5-6-12(14,8(20)18(4)10(22)16(6)2)11(5,13)7(19)17(3)9(15)21/h5-6H,1-4H3/t5?,6?,11-,12+. The van der Waals surface area contributed by atoms with Crippen molar-refractivity contribution in [2.45, 2.75) is 23.4 Å². The minimum atomic E-state index is -3.21. The topological polar surface area (TPSA) is 81.2 Å². The largest absolute Gasteiger partial charge is 0.326 e. The number of hydrogen-bond donors (Lipinski definition) is 0. The number of urea groups is 2. The van der Waals surface area contributed by atoms with Crippen molar-refractivity contribution < 1.29 is 28.0 Å². The van der Waals surface area contributed by atoms with E-state index >= 15 is 8.78 Å². The van der Waals surface area contributed by atoms with Crippen LogP contribution in [0.15, 0.2) is 0 Å². The highest BCUT2D eigenvalue weighted by Crippen LogP contribution is 2.58. The molecule has 0 aromatic carbocycles. The summed E-state index contributed by atoms with van der Waals surface area (Å²) in [4.78, 5) is 50.7. The molecule has 3 rings (SSSR count). The number of amides is 6. The van der Waals surface area contributed by atoms with Crippen molar-refractivity contribution in [2.24, 2.45) is 0 Å². The molecule has 120 valence electrons. The van der Waals surface area contributed by atoms with Gasteiger partial charge in [-0.1, -0.05) is 0 Å². The van der Waals surface area contributed by atoms with Crippen LogP contribution in [0.3, 0.4) is 0 Å². The van der Waals surface area contributed by atoms with Crippen molar-refractivity contribution in [3.05, 3.63) is 0 Å². The Kier molecular flexibility index (Phi) is 2.49. The molecule has 2 unspecified atom stereocenters. The summed E-state index contributed by atoms with van der Waals surface area (Å²) in [6, 6.07) is -4.73. The van der Waals surface area contributed by atoms with Crippen molar-refractivity contribution in [1.29, 1.82) is 0 Å². The van der Waals surface area contributed by atoms with Gasteiger partial charge in [0.2, 0.25) is 0 Å². The van der Waals surface area contributed by atoms with E-state index in [1.54, 1.807) is 0 Å². The van der Waals surface area contributed by atoms with Crippen LogP contribution in [-0.2, 0) is 9.59 Å². The highest BCUT2D eigenvalue weighted by atomic mass is 19.2. The second kappa shape index (κ2) is 3.73. The predicted octanol–water partition coefficient (Wildman–Crippen LogP) is -0.799. The van der Waals surface area contributed by atoms with E-state index in [1.807, 2.05) is 0 Å². The number of rotatable bonds is 0. The minimum Gasteiger partial charge on any atom is -0.318 e. The van der Waals surface area contributed by atoms with Gasteiger partial charge in [-0.2, -0.15) is 0 Å². The van der Waals surface area contributed by atoms with Gasteiger partial charge >= 0.3 is 12.1 Å². The van der Waals surface area contributed by atoms with Gasteiger partial charge in [0.15, 0.2) is 0 Å². The van der Waals surface area contributed by atoms with E-state index in [0.717, 1.165) is 23.9 Å². The molecule has 0 spiro atoms. The van der Waals surface area contributed by atoms with Crippen LogP contribution in [0.1, 0.15) is 0 Å². The third kappa shape index (κ3) is 1.12. The Balaban J connectivity index is 2.19. The van der Waals surface area contributed by atoms with Gasteiger partial charge in [-0.05, 0) is 0 Å². The fourth-order valence-corrected chi connectivity index (χ4v) is 3.66. The summed E-state index contributed by atoms with van der Waals surface area (Å²) in [5.41, 5.74) is -6.43. The highest BCUT2D eigenvalue weighted by molar-refractivity contribution is 6.13. The molecule has 22 heavy (non-hydrogen) atoms. The van der Waals surface area contributed by atoms with E-state index in [1.165, 1.54) is 14.1 Å². The summed E-state index contributed by atoms with van der Waals surface area (Å²) in [7, 11) is 4.43. The first kappa shape index (κ1) is 14.7. The number of alkyl halides is 2. The Bertz CT molecular complexity index is 589. The lowest BCUT2D eigenvalue weighted by atomic mass is 9.56. The minimum absolute atomic E-state index is 0.442. The van der Waals surface area contributed by atoms with Crippen molar-refractivity contribution in [1.82, 2.24) is 19.6 Å². The second-order valence-corrected chi connectivity index (χ2v) is 5.83. The maximum Gasteiger partial charge on any atom is 0.326 e. The Labute approximate surface area is 124 Å². The van der Waals surface area contributed by atoms with Gasteiger partial charge in [0, 0.05) is 28.2 Å². The van der Waals surface area contributed by atoms with E-state index < -0.39 is 47.3 Å². The zero-order valence-electron chi connectivity index (χ0n) is 12.3. The maximum atomic E-state index is 15.3. The monoisotopic (exact) mass is 316 g/mol. The molecule has 2 saturated heterocycles. The van der Waals surface area contributed by atoms with Gasteiger partial charge < -0.3 is 9.80 Å². The molecule has 0 aromatic heterocycles. The molecular formula is C12H14F2N4O4. The van der Waals surface area contributed by atoms with Crippen LogP contribution in [0.2, 0.25) is 0 Å². The molecule has 3 aliphatic rings. The van der Waals surface area contributed by atoms with E-state index in [2.05, 4.69) is 0 Å². The Morgan fingerprint density at radius 2 is 1.00 bits per heavy atom. The first-order valence-electron chi connectivity index (χ1n) is 6.50. The lowest BCUT2D eigenvalue weighted by Gasteiger charge is -2.66. The molecule has 8 nitrogen and oxygen atoms in total. The second-order valence-electron chi connectivity index (χ2n) is 5.83. The third-order valence-corrected chi connectivity index (χ3v) is 4.89. The number of carbonyl (C=O) groups is 4. The van der Waals surface area contributed by atoms with Crippen LogP contribution in [0.25, 0.3) is 0 Å². The molecule has 0 radical (unpaired) electrons. The third-order valence-electron chi connectivity index (χ3n) is 4.89. The van der Waals surface area contributed by atoms with Crippen molar-refractivity contribution >= 4 is 23.9 Å². The molecule has 2 aliphatic heterocycles. The number of nitrogens with zero attached hydrogens (tertiary/aromatic N) is 4. The van der Waals surface area contributed by atoms with Gasteiger partial charge in [0.05, 0.1) is 0 Å². The quantitative estimate of drug-likeness (QED) is 0.586. The van der Waals surface area contributed by atoms with Crippen LogP contribution >= 0.6 is 0 Å². The van der Waals surface area contributed by atoms with Gasteiger partial charge in [-0.3, -0.25) is 19.4 Å². The van der Waals surface area contributed by atoms with Crippen molar-refractivity contribution in [3.63, 3.8) is 0 Å². The molecule has 2 heterocycles. The van der Waals surface area contributed by atoms with Crippen LogP contribution in [0.4, 0.5) is 18.4 Å². The maximum absolute atomic E-state index is 15.3.